The van der Waals surface area contributed by atoms with Crippen LogP contribution in [0.1, 0.15) is 36.1 Å². The van der Waals surface area contributed by atoms with E-state index in [0.29, 0.717) is 30.0 Å². The monoisotopic (exact) mass is 514 g/mol. The van der Waals surface area contributed by atoms with E-state index in [2.05, 4.69) is 15.6 Å². The fourth-order valence-electron chi connectivity index (χ4n) is 4.52. The number of likely N-dealkylation sites (N-methyl/N-ethyl adjacent to an activating group) is 1. The van der Waals surface area contributed by atoms with Crippen LogP contribution in [0.25, 0.3) is 11.1 Å². The number of pyridine rings is 1. The summed E-state index contributed by atoms with van der Waals surface area (Å²) in [5, 5.41) is 15.2. The highest BCUT2D eigenvalue weighted by atomic mass is 19.1. The lowest BCUT2D eigenvalue weighted by atomic mass is 9.91. The Morgan fingerprint density at radius 3 is 2.50 bits per heavy atom. The minimum Gasteiger partial charge on any atom is -0.363 e. The quantitative estimate of drug-likeness (QED) is 0.440. The fourth-order valence-corrected chi connectivity index (χ4v) is 4.52. The number of benzene rings is 2. The summed E-state index contributed by atoms with van der Waals surface area (Å²) in [6.45, 7) is 2.74. The topological polar surface area (TPSA) is 101 Å². The largest absolute Gasteiger partial charge is 0.363 e. The van der Waals surface area contributed by atoms with Gasteiger partial charge in [-0.3, -0.25) is 14.5 Å². The number of amides is 2. The third-order valence-corrected chi connectivity index (χ3v) is 6.46. The van der Waals surface area contributed by atoms with Crippen LogP contribution in [-0.4, -0.2) is 55.2 Å². The first-order chi connectivity index (χ1) is 18.2. The van der Waals surface area contributed by atoms with Gasteiger partial charge in [-0.1, -0.05) is 30.3 Å². The number of anilines is 2. The molecule has 1 aliphatic rings. The van der Waals surface area contributed by atoms with E-state index in [9.17, 15) is 9.59 Å². The molecule has 0 spiro atoms. The van der Waals surface area contributed by atoms with E-state index in [-0.39, 0.29) is 18.2 Å². The first-order valence-electron chi connectivity index (χ1n) is 12.5. The maximum absolute atomic E-state index is 15.1. The Bertz CT molecular complexity index is 1330. The molecule has 1 aliphatic heterocycles. The van der Waals surface area contributed by atoms with Crippen molar-refractivity contribution < 1.29 is 14.0 Å². The highest BCUT2D eigenvalue weighted by molar-refractivity contribution is 5.94. The highest BCUT2D eigenvalue weighted by Gasteiger charge is 2.35. The predicted octanol–water partition coefficient (Wildman–Crippen LogP) is 4.05. The zero-order valence-corrected chi connectivity index (χ0v) is 21.7. The Labute approximate surface area is 222 Å². The number of halogens is 1. The van der Waals surface area contributed by atoms with E-state index in [1.807, 2.05) is 61.5 Å². The normalized spacial score (nSPS) is 16.5. The Balaban J connectivity index is 1.57. The highest BCUT2D eigenvalue weighted by Crippen LogP contribution is 2.41. The van der Waals surface area contributed by atoms with Gasteiger partial charge < -0.3 is 15.5 Å². The molecule has 196 valence electrons. The van der Waals surface area contributed by atoms with Crippen molar-refractivity contribution in [1.82, 2.24) is 15.2 Å². The standard InChI is InChI=1S/C29H31FN6O2/c1-19(37)36-26-10-9-23(22-7-4-20(5-8-22)14-29(38)32-12-13-35(2)3)15-24(26)25(16-27(36)30)34-28-11-6-21(17-31)18-33-28/h4-11,15,18,25,27H,12-14,16H2,1-3H3,(H,32,38)(H,33,34). The molecule has 0 fully saturated rings. The van der Waals surface area contributed by atoms with Gasteiger partial charge in [-0.15, -0.1) is 0 Å². The number of nitrogens with one attached hydrogen (secondary N) is 2. The fraction of sp³-hybridized carbons (Fsp3) is 0.310. The molecule has 4 rings (SSSR count). The van der Waals surface area contributed by atoms with Crippen molar-refractivity contribution in [2.24, 2.45) is 0 Å². The van der Waals surface area contributed by atoms with Gasteiger partial charge in [0.2, 0.25) is 11.8 Å². The smallest absolute Gasteiger partial charge is 0.226 e. The van der Waals surface area contributed by atoms with Crippen LogP contribution < -0.4 is 15.5 Å². The lowest BCUT2D eigenvalue weighted by Gasteiger charge is -2.37. The van der Waals surface area contributed by atoms with E-state index in [4.69, 9.17) is 5.26 Å². The Morgan fingerprint density at radius 2 is 1.87 bits per heavy atom. The molecule has 1 aromatic heterocycles. The van der Waals surface area contributed by atoms with Gasteiger partial charge in [0.25, 0.3) is 0 Å². The Hall–Kier alpha value is -4.29. The summed E-state index contributed by atoms with van der Waals surface area (Å²) in [4.78, 5) is 32.0. The van der Waals surface area contributed by atoms with Gasteiger partial charge >= 0.3 is 0 Å². The predicted molar refractivity (Wildman–Crippen MR) is 145 cm³/mol. The van der Waals surface area contributed by atoms with E-state index >= 15 is 4.39 Å². The summed E-state index contributed by atoms with van der Waals surface area (Å²) in [5.74, 6) is 0.125. The number of rotatable bonds is 8. The number of aromatic nitrogens is 1. The maximum atomic E-state index is 15.1. The lowest BCUT2D eigenvalue weighted by molar-refractivity contribution is -0.120. The number of hydrogen-bond donors (Lipinski definition) is 2. The van der Waals surface area contributed by atoms with Crippen molar-refractivity contribution in [3.63, 3.8) is 0 Å². The van der Waals surface area contributed by atoms with E-state index in [1.165, 1.54) is 18.0 Å². The van der Waals surface area contributed by atoms with E-state index in [1.54, 1.807) is 18.2 Å². The summed E-state index contributed by atoms with van der Waals surface area (Å²) in [6, 6.07) is 18.3. The van der Waals surface area contributed by atoms with Gasteiger partial charge in [-0.2, -0.15) is 5.26 Å². The number of nitriles is 1. The molecule has 2 aromatic carbocycles. The second-order valence-electron chi connectivity index (χ2n) is 9.60. The minimum absolute atomic E-state index is 0.0243. The molecule has 0 radical (unpaired) electrons. The lowest BCUT2D eigenvalue weighted by Crippen LogP contribution is -2.42. The van der Waals surface area contributed by atoms with Gasteiger partial charge in [-0.25, -0.2) is 9.37 Å². The average Bonchev–Trinajstić information content (AvgIpc) is 2.89. The number of hydrogen-bond acceptors (Lipinski definition) is 6. The first-order valence-corrected chi connectivity index (χ1v) is 12.5. The van der Waals surface area contributed by atoms with Crippen molar-refractivity contribution in [2.45, 2.75) is 32.1 Å². The molecule has 3 aromatic rings. The summed E-state index contributed by atoms with van der Waals surface area (Å²) in [6.07, 6.45) is 0.332. The van der Waals surface area contributed by atoms with Crippen LogP contribution in [0.2, 0.25) is 0 Å². The Morgan fingerprint density at radius 1 is 1.13 bits per heavy atom. The molecule has 0 saturated carbocycles. The van der Waals surface area contributed by atoms with Crippen molar-refractivity contribution >= 4 is 23.3 Å². The molecule has 9 heteroatoms. The zero-order chi connectivity index (χ0) is 27.2. The average molecular weight is 515 g/mol. The molecule has 2 heterocycles. The van der Waals surface area contributed by atoms with Crippen LogP contribution in [0.3, 0.4) is 0 Å². The molecule has 38 heavy (non-hydrogen) atoms. The SMILES string of the molecule is CC(=O)N1c2ccc(-c3ccc(CC(=O)NCCN(C)C)cc3)cc2C(Nc2ccc(C#N)cn2)CC1F. The summed E-state index contributed by atoms with van der Waals surface area (Å²) in [7, 11) is 3.92. The van der Waals surface area contributed by atoms with Gasteiger partial charge in [0.1, 0.15) is 11.9 Å². The molecule has 2 amide bonds. The van der Waals surface area contributed by atoms with Crippen LogP contribution in [0, 0.1) is 11.3 Å². The number of carbonyl (C=O) groups is 2. The molecular formula is C29H31FN6O2. The van der Waals surface area contributed by atoms with Gasteiger partial charge in [0.05, 0.1) is 23.7 Å². The van der Waals surface area contributed by atoms with Crippen molar-refractivity contribution in [1.29, 1.82) is 5.26 Å². The van der Waals surface area contributed by atoms with Crippen LogP contribution in [0.4, 0.5) is 15.9 Å². The number of alkyl halides is 1. The van der Waals surface area contributed by atoms with Crippen LogP contribution in [0.15, 0.2) is 60.8 Å². The van der Waals surface area contributed by atoms with Crippen molar-refractivity contribution in [3.8, 4) is 17.2 Å². The van der Waals surface area contributed by atoms with Gasteiger partial charge in [-0.05, 0) is 60.6 Å². The minimum atomic E-state index is -1.48. The molecule has 2 unspecified atom stereocenters. The third kappa shape index (κ3) is 6.33. The number of nitrogens with zero attached hydrogens (tertiary/aromatic N) is 4. The zero-order valence-electron chi connectivity index (χ0n) is 21.7. The second-order valence-corrected chi connectivity index (χ2v) is 9.60. The van der Waals surface area contributed by atoms with Gasteiger partial charge in [0.15, 0.2) is 6.30 Å². The molecule has 2 atom stereocenters. The Kier molecular flexibility index (Phi) is 8.34. The molecule has 0 aliphatic carbocycles. The van der Waals surface area contributed by atoms with Crippen molar-refractivity contribution in [2.75, 3.05) is 37.4 Å². The van der Waals surface area contributed by atoms with E-state index < -0.39 is 12.3 Å². The molecule has 0 saturated heterocycles. The molecular weight excluding hydrogens is 483 g/mol. The molecule has 2 N–H and O–H groups in total. The molecule has 0 bridgehead atoms. The number of fused-ring (bicyclic) bond motifs is 1. The van der Waals surface area contributed by atoms with Crippen LogP contribution >= 0.6 is 0 Å². The van der Waals surface area contributed by atoms with Gasteiger partial charge in [0, 0.05) is 32.6 Å². The summed E-state index contributed by atoms with van der Waals surface area (Å²) >= 11 is 0. The van der Waals surface area contributed by atoms with E-state index in [0.717, 1.165) is 28.8 Å². The van der Waals surface area contributed by atoms with Crippen LogP contribution in [-0.2, 0) is 16.0 Å². The first kappa shape index (κ1) is 26.8. The third-order valence-electron chi connectivity index (χ3n) is 6.46. The number of carbonyl (C=O) groups excluding carboxylic acids is 2. The second kappa shape index (κ2) is 11.8. The summed E-state index contributed by atoms with van der Waals surface area (Å²) < 4.78 is 15.1. The molecule has 8 nitrogen and oxygen atoms in total. The van der Waals surface area contributed by atoms with Crippen molar-refractivity contribution in [3.05, 3.63) is 77.5 Å². The van der Waals surface area contributed by atoms with Crippen LogP contribution in [0.5, 0.6) is 0 Å². The summed E-state index contributed by atoms with van der Waals surface area (Å²) in [5.41, 5.74) is 4.48. The maximum Gasteiger partial charge on any atom is 0.226 e.